The zero-order chi connectivity index (χ0) is 29.5. The second kappa shape index (κ2) is 10.4. The van der Waals surface area contributed by atoms with Crippen molar-refractivity contribution >= 4 is 23.0 Å². The van der Waals surface area contributed by atoms with E-state index in [1.54, 1.807) is 0 Å². The highest BCUT2D eigenvalue weighted by Crippen LogP contribution is 2.65. The predicted molar refractivity (Wildman–Crippen MR) is 161 cm³/mol. The predicted octanol–water partition coefficient (Wildman–Crippen LogP) is 4.18. The summed E-state index contributed by atoms with van der Waals surface area (Å²) in [4.78, 5) is 47.2. The van der Waals surface area contributed by atoms with Gasteiger partial charge in [-0.15, -0.1) is 0 Å². The lowest BCUT2D eigenvalue weighted by Crippen LogP contribution is -2.63. The van der Waals surface area contributed by atoms with E-state index in [-0.39, 0.29) is 24.7 Å². The fourth-order valence-corrected chi connectivity index (χ4v) is 11.2. The Labute approximate surface area is 252 Å². The van der Waals surface area contributed by atoms with E-state index >= 15 is 0 Å². The quantitative estimate of drug-likeness (QED) is 0.472. The number of nitrogens with zero attached hydrogens (tertiary/aromatic N) is 4. The maximum absolute atomic E-state index is 14.2. The minimum absolute atomic E-state index is 0.0162. The van der Waals surface area contributed by atoms with Crippen LogP contribution in [0.15, 0.2) is 29.1 Å². The van der Waals surface area contributed by atoms with Crippen LogP contribution in [0.3, 0.4) is 0 Å². The fourth-order valence-electron chi connectivity index (χ4n) is 11.2. The Morgan fingerprint density at radius 3 is 2.19 bits per heavy atom. The molecule has 4 aliphatic carbocycles. The van der Waals surface area contributed by atoms with Crippen LogP contribution in [-0.2, 0) is 16.0 Å². The van der Waals surface area contributed by atoms with Gasteiger partial charge in [0, 0.05) is 36.8 Å². The largest absolute Gasteiger partial charge is 0.481 e. The number of likely N-dealkylation sites (tertiary alicyclic amines) is 1. The van der Waals surface area contributed by atoms with Gasteiger partial charge in [-0.2, -0.15) is 0 Å². The van der Waals surface area contributed by atoms with Crippen molar-refractivity contribution in [1.29, 1.82) is 0 Å². The van der Waals surface area contributed by atoms with Gasteiger partial charge in [0.25, 0.3) is 5.56 Å². The van der Waals surface area contributed by atoms with Crippen LogP contribution in [0.25, 0.3) is 11.0 Å². The van der Waals surface area contributed by atoms with E-state index in [0.717, 1.165) is 41.6 Å². The number of hydrogen-bond acceptors (Lipinski definition) is 6. The average molecular weight is 589 g/mol. The molecule has 3 saturated heterocycles. The molecule has 43 heavy (non-hydrogen) atoms. The van der Waals surface area contributed by atoms with E-state index in [4.69, 9.17) is 4.98 Å². The maximum atomic E-state index is 14.2. The fraction of sp³-hybridized carbons (Fsp3) is 0.706. The number of benzene rings is 1. The Kier molecular flexibility index (Phi) is 6.71. The Bertz CT molecular complexity index is 1460. The lowest BCUT2D eigenvalue weighted by molar-refractivity contribution is -0.151. The Balaban J connectivity index is 1.04. The van der Waals surface area contributed by atoms with E-state index in [1.165, 1.54) is 51.4 Å². The van der Waals surface area contributed by atoms with Crippen LogP contribution in [0, 0.1) is 29.6 Å². The molecule has 230 valence electrons. The van der Waals surface area contributed by atoms with Crippen LogP contribution < -0.4 is 5.56 Å². The second-order valence-corrected chi connectivity index (χ2v) is 14.9. The average Bonchev–Trinajstić information content (AvgIpc) is 3.59. The highest BCUT2D eigenvalue weighted by molar-refractivity contribution is 5.81. The summed E-state index contributed by atoms with van der Waals surface area (Å²) in [6.07, 6.45) is 14.1. The number of carboxylic acid groups (broad SMARTS) is 2. The van der Waals surface area contributed by atoms with Crippen molar-refractivity contribution < 1.29 is 19.8 Å². The topological polar surface area (TPSA) is 116 Å². The zero-order valence-electron chi connectivity index (χ0n) is 24.9. The number of rotatable bonds is 8. The molecule has 0 amide bonds. The van der Waals surface area contributed by atoms with Crippen molar-refractivity contribution in [2.45, 2.75) is 101 Å². The summed E-state index contributed by atoms with van der Waals surface area (Å²) in [5, 5.41) is 19.0. The van der Waals surface area contributed by atoms with Gasteiger partial charge in [-0.05, 0) is 107 Å². The first-order valence-electron chi connectivity index (χ1n) is 16.8. The van der Waals surface area contributed by atoms with Gasteiger partial charge in [0.2, 0.25) is 0 Å². The van der Waals surface area contributed by atoms with Gasteiger partial charge < -0.3 is 19.7 Å². The summed E-state index contributed by atoms with van der Waals surface area (Å²) in [5.74, 6) is -1.14. The number of carbonyl (C=O) groups is 2. The van der Waals surface area contributed by atoms with E-state index in [0.29, 0.717) is 42.7 Å². The van der Waals surface area contributed by atoms with Crippen LogP contribution in [-0.4, -0.2) is 78.8 Å². The van der Waals surface area contributed by atoms with Gasteiger partial charge >= 0.3 is 11.9 Å². The number of hydrogen-bond donors (Lipinski definition) is 2. The number of aryl methyl sites for hydroxylation is 1. The third-order valence-corrected chi connectivity index (χ3v) is 12.6. The number of carboxylic acids is 2. The monoisotopic (exact) mass is 588 g/mol. The molecule has 3 aliphatic heterocycles. The molecule has 2 N–H and O–H groups in total. The van der Waals surface area contributed by atoms with E-state index in [1.807, 2.05) is 29.2 Å². The van der Waals surface area contributed by atoms with Gasteiger partial charge in [-0.3, -0.25) is 19.3 Å². The van der Waals surface area contributed by atoms with E-state index < -0.39 is 23.8 Å². The van der Waals surface area contributed by atoms with E-state index in [2.05, 4.69) is 9.47 Å². The first-order chi connectivity index (χ1) is 20.8. The van der Waals surface area contributed by atoms with Gasteiger partial charge in [0.15, 0.2) is 0 Å². The van der Waals surface area contributed by atoms with Gasteiger partial charge in [0.05, 0.1) is 22.9 Å². The molecular weight excluding hydrogens is 544 g/mol. The molecule has 1 aromatic heterocycles. The highest BCUT2D eigenvalue weighted by atomic mass is 16.4. The minimum Gasteiger partial charge on any atom is -0.481 e. The van der Waals surface area contributed by atoms with Crippen molar-refractivity contribution in [2.24, 2.45) is 29.6 Å². The van der Waals surface area contributed by atoms with Crippen LogP contribution in [0.1, 0.15) is 82.4 Å². The Hall–Kier alpha value is -2.78. The number of para-hydroxylation sites is 2. The summed E-state index contributed by atoms with van der Waals surface area (Å²) in [6, 6.07) is 9.33. The third-order valence-electron chi connectivity index (χ3n) is 12.6. The molecule has 9 nitrogen and oxygen atoms in total. The van der Waals surface area contributed by atoms with Gasteiger partial charge in [-0.25, -0.2) is 4.98 Å². The van der Waals surface area contributed by atoms with Crippen LogP contribution in [0.2, 0.25) is 0 Å². The van der Waals surface area contributed by atoms with Gasteiger partial charge in [-0.1, -0.05) is 18.6 Å². The molecule has 0 spiro atoms. The molecule has 3 unspecified atom stereocenters. The molecule has 7 aliphatic rings. The standard InChI is InChI=1S/C34H44N4O5/c39-31-29(8-4-10-36-18-26(32(40)41)27(19-36)33(42)43)35-28-7-1-2-9-30(28)37(31)25-14-23-5-3-6-24(15-25)38(23)34-16-20-11-21(17-34)13-22(34)12-20/h1-2,7,9,20-27H,3-6,8,10-19H2,(H,40,41)(H,42,43)/t20?,21?,22?,23-,24+,25?,26-,27-,34?/m1/s1. The first-order valence-corrected chi connectivity index (χ1v) is 16.8. The number of piperidine rings is 2. The van der Waals surface area contributed by atoms with Crippen molar-refractivity contribution in [3.63, 3.8) is 0 Å². The number of fused-ring (bicyclic) bond motifs is 3. The molecule has 0 radical (unpaired) electrons. The summed E-state index contributed by atoms with van der Waals surface area (Å²) in [5.41, 5.74) is 2.80. The lowest BCUT2D eigenvalue weighted by Gasteiger charge is -2.58. The molecule has 9 rings (SSSR count). The normalized spacial score (nSPS) is 38.7. The number of aliphatic carboxylic acids is 2. The molecule has 9 heteroatoms. The summed E-state index contributed by atoms with van der Waals surface area (Å²) >= 11 is 0. The van der Waals surface area contributed by atoms with Crippen molar-refractivity contribution in [3.05, 3.63) is 40.3 Å². The Morgan fingerprint density at radius 2 is 1.53 bits per heavy atom. The molecule has 7 atom stereocenters. The Morgan fingerprint density at radius 1 is 0.884 bits per heavy atom. The maximum Gasteiger partial charge on any atom is 0.308 e. The SMILES string of the molecule is O=C(O)[C@@H]1CN(CCCc2nc3ccccc3n(C3C[C@H]4CCC[C@@H](C3)N4C34CC5CC(CC3C5)C4)c2=O)C[C@H]1C(=O)O. The van der Waals surface area contributed by atoms with Crippen molar-refractivity contribution in [3.8, 4) is 0 Å². The first kappa shape index (κ1) is 27.7. The van der Waals surface area contributed by atoms with Crippen molar-refractivity contribution in [2.75, 3.05) is 19.6 Å². The summed E-state index contributed by atoms with van der Waals surface area (Å²) in [6.45, 7) is 1.01. The molecule has 4 heterocycles. The highest BCUT2D eigenvalue weighted by Gasteiger charge is 2.63. The molecular formula is C34H44N4O5. The van der Waals surface area contributed by atoms with Crippen LogP contribution >= 0.6 is 0 Å². The van der Waals surface area contributed by atoms with Crippen LogP contribution in [0.4, 0.5) is 0 Å². The smallest absolute Gasteiger partial charge is 0.308 e. The summed E-state index contributed by atoms with van der Waals surface area (Å²) < 4.78 is 2.09. The second-order valence-electron chi connectivity index (χ2n) is 14.9. The zero-order valence-corrected chi connectivity index (χ0v) is 24.9. The minimum atomic E-state index is -1.06. The van der Waals surface area contributed by atoms with Gasteiger partial charge in [0.1, 0.15) is 5.69 Å². The third kappa shape index (κ3) is 4.47. The molecule has 4 saturated carbocycles. The number of aromatic nitrogens is 2. The van der Waals surface area contributed by atoms with E-state index in [9.17, 15) is 24.6 Å². The summed E-state index contributed by atoms with van der Waals surface area (Å²) in [7, 11) is 0. The molecule has 1 aromatic carbocycles. The molecule has 7 fully saturated rings. The molecule has 2 aromatic rings. The molecule has 6 bridgehead atoms. The van der Waals surface area contributed by atoms with Crippen molar-refractivity contribution in [1.82, 2.24) is 19.4 Å². The lowest BCUT2D eigenvalue weighted by atomic mass is 9.73. The van der Waals surface area contributed by atoms with Crippen LogP contribution in [0.5, 0.6) is 0 Å².